The molecule has 4 aromatic carbocycles. The van der Waals surface area contributed by atoms with Crippen LogP contribution in [0.15, 0.2) is 66.7 Å². The minimum atomic E-state index is -0.817. The Morgan fingerprint density at radius 1 is 0.794 bits per heavy atom. The number of carbonyl (C=O) groups excluding carboxylic acids is 1. The van der Waals surface area contributed by atoms with Gasteiger partial charge >= 0.3 is 0 Å². The van der Waals surface area contributed by atoms with E-state index in [-0.39, 0.29) is 10.6 Å². The number of benzene rings is 4. The SMILES string of the molecule is CCCCCCCc1ccc2c(C=O)c(-c3ccccc3-c3cc(F)cc(F)c3Cl)ccc2c1. The molecule has 174 valence electrons. The fourth-order valence-electron chi connectivity index (χ4n) is 4.56. The van der Waals surface area contributed by atoms with Gasteiger partial charge in [-0.1, -0.05) is 98.8 Å². The Kier molecular flexibility index (Phi) is 7.74. The number of aryl methyl sites for hydroxylation is 1. The van der Waals surface area contributed by atoms with Crippen molar-refractivity contribution in [3.63, 3.8) is 0 Å². The van der Waals surface area contributed by atoms with Gasteiger partial charge in [0.15, 0.2) is 6.29 Å². The van der Waals surface area contributed by atoms with Gasteiger partial charge in [0.25, 0.3) is 0 Å². The first-order valence-electron chi connectivity index (χ1n) is 11.8. The number of aldehydes is 1. The minimum absolute atomic E-state index is 0.147. The lowest BCUT2D eigenvalue weighted by Crippen LogP contribution is -1.95. The summed E-state index contributed by atoms with van der Waals surface area (Å²) >= 11 is 6.20. The second-order valence-corrected chi connectivity index (χ2v) is 9.04. The molecule has 0 heterocycles. The van der Waals surface area contributed by atoms with E-state index in [0.717, 1.165) is 36.0 Å². The number of carbonyl (C=O) groups is 1. The van der Waals surface area contributed by atoms with Crippen molar-refractivity contribution in [2.75, 3.05) is 0 Å². The van der Waals surface area contributed by atoms with Crippen LogP contribution in [0.4, 0.5) is 8.78 Å². The lowest BCUT2D eigenvalue weighted by molar-refractivity contribution is 0.112. The quantitative estimate of drug-likeness (QED) is 0.133. The standard InChI is InChI=1S/C30H27ClF2O/c1-2-3-4-5-6-9-20-12-14-23-21(16-20)13-15-26(28(23)19-34)24-10-7-8-11-25(24)27-17-22(32)18-29(33)30(27)31/h7-8,10-19H,2-6,9H2,1H3. The highest BCUT2D eigenvalue weighted by molar-refractivity contribution is 6.33. The third-order valence-electron chi connectivity index (χ3n) is 6.31. The number of hydrogen-bond donors (Lipinski definition) is 0. The Bertz CT molecular complexity index is 1330. The normalized spacial score (nSPS) is 11.2. The maximum absolute atomic E-state index is 14.2. The first-order chi connectivity index (χ1) is 16.5. The molecular weight excluding hydrogens is 450 g/mol. The molecule has 0 unspecified atom stereocenters. The highest BCUT2D eigenvalue weighted by atomic mass is 35.5. The molecular formula is C30H27ClF2O. The summed E-state index contributed by atoms with van der Waals surface area (Å²) in [6.45, 7) is 2.21. The van der Waals surface area contributed by atoms with E-state index >= 15 is 0 Å². The molecule has 4 rings (SSSR count). The molecule has 0 bridgehead atoms. The first kappa shape index (κ1) is 24.1. The van der Waals surface area contributed by atoms with Gasteiger partial charge in [0, 0.05) is 17.2 Å². The van der Waals surface area contributed by atoms with Gasteiger partial charge in [-0.15, -0.1) is 0 Å². The van der Waals surface area contributed by atoms with Crippen molar-refractivity contribution >= 4 is 28.7 Å². The summed E-state index contributed by atoms with van der Waals surface area (Å²) in [5.74, 6) is -1.52. The van der Waals surface area contributed by atoms with Crippen LogP contribution in [0.1, 0.15) is 54.9 Å². The molecule has 0 saturated heterocycles. The number of halogens is 3. The van der Waals surface area contributed by atoms with Gasteiger partial charge in [-0.2, -0.15) is 0 Å². The third-order valence-corrected chi connectivity index (χ3v) is 6.70. The number of unbranched alkanes of at least 4 members (excludes halogenated alkanes) is 4. The largest absolute Gasteiger partial charge is 0.298 e. The van der Waals surface area contributed by atoms with Gasteiger partial charge in [-0.3, -0.25) is 4.79 Å². The van der Waals surface area contributed by atoms with Gasteiger partial charge in [0.2, 0.25) is 0 Å². The highest BCUT2D eigenvalue weighted by Crippen LogP contribution is 2.40. The van der Waals surface area contributed by atoms with Crippen LogP contribution in [0.3, 0.4) is 0 Å². The third kappa shape index (κ3) is 5.05. The Labute approximate surface area is 204 Å². The lowest BCUT2D eigenvalue weighted by atomic mass is 9.89. The van der Waals surface area contributed by atoms with Crippen LogP contribution >= 0.6 is 11.6 Å². The van der Waals surface area contributed by atoms with Crippen molar-refractivity contribution in [1.82, 2.24) is 0 Å². The summed E-state index contributed by atoms with van der Waals surface area (Å²) < 4.78 is 28.2. The Balaban J connectivity index is 1.75. The van der Waals surface area contributed by atoms with Crippen molar-refractivity contribution in [2.45, 2.75) is 45.4 Å². The molecule has 0 atom stereocenters. The van der Waals surface area contributed by atoms with E-state index < -0.39 is 11.6 Å². The van der Waals surface area contributed by atoms with Gasteiger partial charge in [0.05, 0.1) is 5.02 Å². The van der Waals surface area contributed by atoms with Crippen LogP contribution in [0.2, 0.25) is 5.02 Å². The monoisotopic (exact) mass is 476 g/mol. The Morgan fingerprint density at radius 2 is 1.53 bits per heavy atom. The van der Waals surface area contributed by atoms with E-state index in [2.05, 4.69) is 19.1 Å². The molecule has 0 aliphatic heterocycles. The summed E-state index contributed by atoms with van der Waals surface area (Å²) in [4.78, 5) is 12.2. The molecule has 0 saturated carbocycles. The molecule has 0 aliphatic carbocycles. The molecule has 34 heavy (non-hydrogen) atoms. The summed E-state index contributed by atoms with van der Waals surface area (Å²) in [5.41, 5.74) is 4.02. The lowest BCUT2D eigenvalue weighted by Gasteiger charge is -2.15. The van der Waals surface area contributed by atoms with Gasteiger partial charge < -0.3 is 0 Å². The van der Waals surface area contributed by atoms with Gasteiger partial charge in [-0.05, 0) is 51.9 Å². The fourth-order valence-corrected chi connectivity index (χ4v) is 4.77. The van der Waals surface area contributed by atoms with Crippen molar-refractivity contribution < 1.29 is 13.6 Å². The fraction of sp³-hybridized carbons (Fsp3) is 0.233. The summed E-state index contributed by atoms with van der Waals surface area (Å²) in [6, 6.07) is 19.4. The first-order valence-corrected chi connectivity index (χ1v) is 12.2. The van der Waals surface area contributed by atoms with E-state index in [0.29, 0.717) is 22.3 Å². The molecule has 4 heteroatoms. The summed E-state index contributed by atoms with van der Waals surface area (Å²) in [5, 5.41) is 1.71. The molecule has 0 spiro atoms. The topological polar surface area (TPSA) is 17.1 Å². The van der Waals surface area contributed by atoms with Crippen molar-refractivity contribution in [1.29, 1.82) is 0 Å². The van der Waals surface area contributed by atoms with Crippen LogP contribution in [0, 0.1) is 11.6 Å². The average Bonchev–Trinajstić information content (AvgIpc) is 2.85. The summed E-state index contributed by atoms with van der Waals surface area (Å²) in [7, 11) is 0. The second kappa shape index (κ2) is 10.9. The Morgan fingerprint density at radius 3 is 2.26 bits per heavy atom. The van der Waals surface area contributed by atoms with Gasteiger partial charge in [-0.25, -0.2) is 8.78 Å². The molecule has 0 radical (unpaired) electrons. The van der Waals surface area contributed by atoms with Crippen LogP contribution in [-0.2, 0) is 6.42 Å². The zero-order chi connectivity index (χ0) is 24.1. The number of rotatable bonds is 9. The smallest absolute Gasteiger partial charge is 0.151 e. The molecule has 0 fully saturated rings. The predicted octanol–water partition coefficient (Wildman–Crippen LogP) is 9.43. The van der Waals surface area contributed by atoms with Crippen LogP contribution in [0.5, 0.6) is 0 Å². The van der Waals surface area contributed by atoms with E-state index in [1.54, 1.807) is 12.1 Å². The van der Waals surface area contributed by atoms with E-state index in [9.17, 15) is 13.6 Å². The maximum atomic E-state index is 14.2. The van der Waals surface area contributed by atoms with E-state index in [1.807, 2.05) is 30.3 Å². The summed E-state index contributed by atoms with van der Waals surface area (Å²) in [6.07, 6.45) is 8.03. The zero-order valence-corrected chi connectivity index (χ0v) is 20.0. The molecule has 4 aromatic rings. The van der Waals surface area contributed by atoms with Crippen molar-refractivity contribution in [3.8, 4) is 22.3 Å². The molecule has 0 aliphatic rings. The molecule has 0 aromatic heterocycles. The molecule has 0 N–H and O–H groups in total. The van der Waals surface area contributed by atoms with E-state index in [1.165, 1.54) is 37.3 Å². The number of hydrogen-bond acceptors (Lipinski definition) is 1. The van der Waals surface area contributed by atoms with E-state index in [4.69, 9.17) is 11.6 Å². The zero-order valence-electron chi connectivity index (χ0n) is 19.2. The van der Waals surface area contributed by atoms with Gasteiger partial charge in [0.1, 0.15) is 11.6 Å². The predicted molar refractivity (Wildman–Crippen MR) is 138 cm³/mol. The van der Waals surface area contributed by atoms with Crippen LogP contribution in [0.25, 0.3) is 33.0 Å². The second-order valence-electron chi connectivity index (χ2n) is 8.66. The molecule has 1 nitrogen and oxygen atoms in total. The highest BCUT2D eigenvalue weighted by Gasteiger charge is 2.17. The van der Waals surface area contributed by atoms with Crippen molar-refractivity contribution in [3.05, 3.63) is 94.5 Å². The number of fused-ring (bicyclic) bond motifs is 1. The Hall–Kier alpha value is -3.04. The van der Waals surface area contributed by atoms with Crippen LogP contribution < -0.4 is 0 Å². The molecule has 0 amide bonds. The maximum Gasteiger partial charge on any atom is 0.151 e. The van der Waals surface area contributed by atoms with Crippen molar-refractivity contribution in [2.24, 2.45) is 0 Å². The average molecular weight is 477 g/mol. The minimum Gasteiger partial charge on any atom is -0.298 e. The van der Waals surface area contributed by atoms with Crippen LogP contribution in [-0.4, -0.2) is 6.29 Å².